The number of carbonyl (C=O) groups excluding carboxylic acids is 1. The minimum atomic E-state index is 0.00598. The molecule has 3 N–H and O–H groups in total. The fourth-order valence-electron chi connectivity index (χ4n) is 2.20. The van der Waals surface area contributed by atoms with Crippen molar-refractivity contribution in [2.45, 2.75) is 47.1 Å². The van der Waals surface area contributed by atoms with E-state index in [0.29, 0.717) is 13.1 Å². The number of rotatable bonds is 8. The summed E-state index contributed by atoms with van der Waals surface area (Å²) >= 11 is 0. The van der Waals surface area contributed by atoms with Crippen molar-refractivity contribution in [1.82, 2.24) is 16.0 Å². The van der Waals surface area contributed by atoms with E-state index < -0.39 is 0 Å². The molecule has 5 heteroatoms. The maximum absolute atomic E-state index is 11.5. The van der Waals surface area contributed by atoms with Gasteiger partial charge in [-0.3, -0.25) is 9.79 Å². The molecule has 0 aliphatic rings. The molecule has 0 radical (unpaired) electrons. The highest BCUT2D eigenvalue weighted by Gasteiger charge is 2.08. The number of hydrogen-bond donors (Lipinski definition) is 3. The molecule has 0 fully saturated rings. The Morgan fingerprint density at radius 2 is 1.75 bits per heavy atom. The van der Waals surface area contributed by atoms with E-state index >= 15 is 0 Å². The molecule has 1 aromatic rings. The Balaban J connectivity index is 2.56. The van der Waals surface area contributed by atoms with Crippen LogP contribution >= 0.6 is 0 Å². The lowest BCUT2D eigenvalue weighted by atomic mass is 10.1. The van der Waals surface area contributed by atoms with Gasteiger partial charge in [0.2, 0.25) is 5.91 Å². The summed E-state index contributed by atoms with van der Waals surface area (Å²) in [7, 11) is 0. The van der Waals surface area contributed by atoms with Crippen LogP contribution in [0.5, 0.6) is 0 Å². The lowest BCUT2D eigenvalue weighted by Crippen LogP contribution is -2.39. The molecule has 1 amide bonds. The van der Waals surface area contributed by atoms with E-state index in [1.807, 2.05) is 20.8 Å². The first-order valence-electron chi connectivity index (χ1n) is 8.89. The van der Waals surface area contributed by atoms with Crippen molar-refractivity contribution in [3.8, 4) is 0 Å². The van der Waals surface area contributed by atoms with Crippen molar-refractivity contribution >= 4 is 11.9 Å². The first kappa shape index (κ1) is 20.0. The number of hydrogen-bond acceptors (Lipinski definition) is 2. The summed E-state index contributed by atoms with van der Waals surface area (Å²) < 4.78 is 0. The summed E-state index contributed by atoms with van der Waals surface area (Å²) in [6.07, 6.45) is 1.05. The van der Waals surface area contributed by atoms with Gasteiger partial charge >= 0.3 is 0 Å². The van der Waals surface area contributed by atoms with Gasteiger partial charge in [0.1, 0.15) is 0 Å². The Labute approximate surface area is 146 Å². The second-order valence-electron chi connectivity index (χ2n) is 6.17. The largest absolute Gasteiger partial charge is 0.357 e. The number of guanidine groups is 1. The SMILES string of the molecule is CCNC(=NCCNC(=O)C(C)C)NC(C)c1ccc(CC)cc1. The van der Waals surface area contributed by atoms with Crippen LogP contribution in [0.4, 0.5) is 0 Å². The van der Waals surface area contributed by atoms with E-state index in [4.69, 9.17) is 0 Å². The maximum Gasteiger partial charge on any atom is 0.222 e. The third-order valence-electron chi connectivity index (χ3n) is 3.79. The van der Waals surface area contributed by atoms with Gasteiger partial charge in [-0.15, -0.1) is 0 Å². The fourth-order valence-corrected chi connectivity index (χ4v) is 2.20. The number of carbonyl (C=O) groups is 1. The zero-order valence-corrected chi connectivity index (χ0v) is 15.6. The molecule has 0 aliphatic carbocycles. The predicted molar refractivity (Wildman–Crippen MR) is 101 cm³/mol. The number of aliphatic imine (C=N–C) groups is 1. The van der Waals surface area contributed by atoms with Crippen molar-refractivity contribution in [2.75, 3.05) is 19.6 Å². The highest BCUT2D eigenvalue weighted by atomic mass is 16.1. The Kier molecular flexibility index (Phi) is 8.90. The molecule has 134 valence electrons. The van der Waals surface area contributed by atoms with Crippen molar-refractivity contribution in [1.29, 1.82) is 0 Å². The van der Waals surface area contributed by atoms with Crippen LogP contribution in [0.1, 0.15) is 51.8 Å². The summed E-state index contributed by atoms with van der Waals surface area (Å²) in [6, 6.07) is 8.81. The molecule has 24 heavy (non-hydrogen) atoms. The summed E-state index contributed by atoms with van der Waals surface area (Å²) in [4.78, 5) is 16.1. The van der Waals surface area contributed by atoms with Crippen molar-refractivity contribution in [2.24, 2.45) is 10.9 Å². The summed E-state index contributed by atoms with van der Waals surface area (Å²) in [5.41, 5.74) is 2.57. The molecule has 1 atom stereocenters. The molecule has 0 heterocycles. The number of benzene rings is 1. The van der Waals surface area contributed by atoms with E-state index in [9.17, 15) is 4.79 Å². The van der Waals surface area contributed by atoms with Gasteiger partial charge in [0, 0.05) is 19.0 Å². The second kappa shape index (κ2) is 10.7. The molecule has 0 saturated heterocycles. The smallest absolute Gasteiger partial charge is 0.222 e. The topological polar surface area (TPSA) is 65.5 Å². The van der Waals surface area contributed by atoms with Crippen LogP contribution in [-0.4, -0.2) is 31.5 Å². The molecule has 0 aromatic heterocycles. The number of nitrogens with one attached hydrogen (secondary N) is 3. The highest BCUT2D eigenvalue weighted by molar-refractivity contribution is 5.80. The van der Waals surface area contributed by atoms with Crippen LogP contribution in [0.15, 0.2) is 29.3 Å². The van der Waals surface area contributed by atoms with Gasteiger partial charge in [0.25, 0.3) is 0 Å². The Morgan fingerprint density at radius 3 is 2.29 bits per heavy atom. The van der Waals surface area contributed by atoms with Crippen molar-refractivity contribution < 1.29 is 4.79 Å². The molecule has 5 nitrogen and oxygen atoms in total. The Hall–Kier alpha value is -2.04. The quantitative estimate of drug-likeness (QED) is 0.389. The second-order valence-corrected chi connectivity index (χ2v) is 6.17. The summed E-state index contributed by atoms with van der Waals surface area (Å²) in [5, 5.41) is 9.53. The van der Waals surface area contributed by atoms with Gasteiger partial charge < -0.3 is 16.0 Å². The minimum Gasteiger partial charge on any atom is -0.357 e. The zero-order valence-electron chi connectivity index (χ0n) is 15.6. The van der Waals surface area contributed by atoms with Gasteiger partial charge in [-0.2, -0.15) is 0 Å². The minimum absolute atomic E-state index is 0.00598. The average Bonchev–Trinajstić information content (AvgIpc) is 2.58. The number of aryl methyl sites for hydroxylation is 1. The van der Waals surface area contributed by atoms with E-state index in [0.717, 1.165) is 18.9 Å². The molecule has 0 spiro atoms. The molecule has 0 aliphatic heterocycles. The first-order chi connectivity index (χ1) is 11.5. The van der Waals surface area contributed by atoms with Gasteiger partial charge in [0.15, 0.2) is 5.96 Å². The normalized spacial score (nSPS) is 12.8. The van der Waals surface area contributed by atoms with Crippen molar-refractivity contribution in [3.05, 3.63) is 35.4 Å². The maximum atomic E-state index is 11.5. The number of amides is 1. The molecular weight excluding hydrogens is 300 g/mol. The van der Waals surface area contributed by atoms with Crippen molar-refractivity contribution in [3.63, 3.8) is 0 Å². The lowest BCUT2D eigenvalue weighted by molar-refractivity contribution is -0.123. The summed E-state index contributed by atoms with van der Waals surface area (Å²) in [5.74, 6) is 0.836. The van der Waals surface area contributed by atoms with Crippen LogP contribution < -0.4 is 16.0 Å². The lowest BCUT2D eigenvalue weighted by Gasteiger charge is -2.18. The van der Waals surface area contributed by atoms with Gasteiger partial charge in [-0.25, -0.2) is 0 Å². The van der Waals surface area contributed by atoms with Crippen LogP contribution in [0.3, 0.4) is 0 Å². The molecule has 1 rings (SSSR count). The molecular formula is C19H32N4O. The molecule has 0 saturated carbocycles. The highest BCUT2D eigenvalue weighted by Crippen LogP contribution is 2.13. The van der Waals surface area contributed by atoms with Crippen LogP contribution in [0, 0.1) is 5.92 Å². The summed E-state index contributed by atoms with van der Waals surface area (Å²) in [6.45, 7) is 12.0. The average molecular weight is 332 g/mol. The van der Waals surface area contributed by atoms with E-state index in [-0.39, 0.29) is 17.9 Å². The van der Waals surface area contributed by atoms with Gasteiger partial charge in [0.05, 0.1) is 12.6 Å². The van der Waals surface area contributed by atoms with E-state index in [1.165, 1.54) is 11.1 Å². The molecule has 1 aromatic carbocycles. The van der Waals surface area contributed by atoms with Crippen LogP contribution in [-0.2, 0) is 11.2 Å². The van der Waals surface area contributed by atoms with Gasteiger partial charge in [-0.05, 0) is 31.4 Å². The Bertz CT molecular complexity index is 523. The third-order valence-corrected chi connectivity index (χ3v) is 3.79. The van der Waals surface area contributed by atoms with E-state index in [1.54, 1.807) is 0 Å². The fraction of sp³-hybridized carbons (Fsp3) is 0.579. The predicted octanol–water partition coefficient (Wildman–Crippen LogP) is 2.64. The van der Waals surface area contributed by atoms with E-state index in [2.05, 4.69) is 59.1 Å². The number of nitrogens with zero attached hydrogens (tertiary/aromatic N) is 1. The van der Waals surface area contributed by atoms with Gasteiger partial charge in [-0.1, -0.05) is 45.0 Å². The Morgan fingerprint density at radius 1 is 1.08 bits per heavy atom. The molecule has 0 bridgehead atoms. The molecule has 1 unspecified atom stereocenters. The monoisotopic (exact) mass is 332 g/mol. The first-order valence-corrected chi connectivity index (χ1v) is 8.89. The standard InChI is InChI=1S/C19H32N4O/c1-6-16-8-10-17(11-9-16)15(5)23-19(20-7-2)22-13-12-21-18(24)14(3)4/h8-11,14-15H,6-7,12-13H2,1-5H3,(H,21,24)(H2,20,22,23). The van der Waals surface area contributed by atoms with Crippen LogP contribution in [0.25, 0.3) is 0 Å². The third kappa shape index (κ3) is 7.02. The van der Waals surface area contributed by atoms with Crippen LogP contribution in [0.2, 0.25) is 0 Å². The zero-order chi connectivity index (χ0) is 17.9.